The van der Waals surface area contributed by atoms with Crippen LogP contribution in [-0.2, 0) is 11.3 Å². The minimum absolute atomic E-state index is 0.171. The van der Waals surface area contributed by atoms with E-state index in [9.17, 15) is 4.79 Å². The molecule has 0 aromatic heterocycles. The second kappa shape index (κ2) is 5.67. The van der Waals surface area contributed by atoms with Crippen molar-refractivity contribution in [2.24, 2.45) is 5.92 Å². The second-order valence-corrected chi connectivity index (χ2v) is 4.69. The minimum atomic E-state index is 0.171. The molecule has 17 heavy (non-hydrogen) atoms. The smallest absolute Gasteiger partial charge is 0.223 e. The highest BCUT2D eigenvalue weighted by Gasteiger charge is 2.17. The highest BCUT2D eigenvalue weighted by molar-refractivity contribution is 5.78. The van der Waals surface area contributed by atoms with E-state index in [2.05, 4.69) is 36.5 Å². The van der Waals surface area contributed by atoms with Crippen molar-refractivity contribution in [3.05, 3.63) is 47.5 Å². The number of aryl methyl sites for hydroxylation is 1. The van der Waals surface area contributed by atoms with Crippen molar-refractivity contribution in [1.29, 1.82) is 0 Å². The molecule has 1 atom stereocenters. The first kappa shape index (κ1) is 11.9. The zero-order valence-corrected chi connectivity index (χ0v) is 10.3. The van der Waals surface area contributed by atoms with Crippen molar-refractivity contribution in [3.8, 4) is 0 Å². The van der Waals surface area contributed by atoms with Crippen LogP contribution in [-0.4, -0.2) is 5.91 Å². The number of carbonyl (C=O) groups excluding carboxylic acids is 1. The van der Waals surface area contributed by atoms with Crippen molar-refractivity contribution in [1.82, 2.24) is 5.32 Å². The Morgan fingerprint density at radius 3 is 3.00 bits per heavy atom. The van der Waals surface area contributed by atoms with E-state index in [0.29, 0.717) is 6.54 Å². The van der Waals surface area contributed by atoms with E-state index in [1.165, 1.54) is 11.1 Å². The summed E-state index contributed by atoms with van der Waals surface area (Å²) < 4.78 is 0. The third-order valence-corrected chi connectivity index (χ3v) is 3.19. The number of hydrogen-bond acceptors (Lipinski definition) is 1. The fourth-order valence-electron chi connectivity index (χ4n) is 2.19. The van der Waals surface area contributed by atoms with E-state index in [1.54, 1.807) is 0 Å². The maximum absolute atomic E-state index is 11.9. The molecule has 1 aromatic rings. The van der Waals surface area contributed by atoms with Crippen LogP contribution in [0.5, 0.6) is 0 Å². The molecule has 0 spiro atoms. The van der Waals surface area contributed by atoms with Gasteiger partial charge in [-0.2, -0.15) is 0 Å². The lowest BCUT2D eigenvalue weighted by Gasteiger charge is -2.17. The summed E-state index contributed by atoms with van der Waals surface area (Å²) in [7, 11) is 0. The molecule has 0 saturated heterocycles. The first-order valence-electron chi connectivity index (χ1n) is 6.24. The Balaban J connectivity index is 1.85. The monoisotopic (exact) mass is 229 g/mol. The number of rotatable bonds is 3. The van der Waals surface area contributed by atoms with Gasteiger partial charge >= 0.3 is 0 Å². The topological polar surface area (TPSA) is 29.1 Å². The lowest BCUT2D eigenvalue weighted by molar-refractivity contribution is -0.125. The van der Waals surface area contributed by atoms with Crippen LogP contribution >= 0.6 is 0 Å². The molecule has 0 heterocycles. The summed E-state index contributed by atoms with van der Waals surface area (Å²) in [6.45, 7) is 2.71. The molecule has 0 fully saturated rings. The van der Waals surface area contributed by atoms with E-state index in [4.69, 9.17) is 0 Å². The second-order valence-electron chi connectivity index (χ2n) is 4.69. The summed E-state index contributed by atoms with van der Waals surface area (Å²) >= 11 is 0. The van der Waals surface area contributed by atoms with Gasteiger partial charge in [0.1, 0.15) is 0 Å². The van der Waals surface area contributed by atoms with Crippen molar-refractivity contribution in [2.45, 2.75) is 32.7 Å². The first-order chi connectivity index (χ1) is 8.25. The highest BCUT2D eigenvalue weighted by Crippen LogP contribution is 2.18. The van der Waals surface area contributed by atoms with E-state index in [-0.39, 0.29) is 11.8 Å². The Morgan fingerprint density at radius 1 is 1.41 bits per heavy atom. The molecule has 0 radical (unpaired) electrons. The number of benzene rings is 1. The van der Waals surface area contributed by atoms with Gasteiger partial charge in [0.05, 0.1) is 0 Å². The molecule has 0 bridgehead atoms. The van der Waals surface area contributed by atoms with Gasteiger partial charge in [0, 0.05) is 12.5 Å². The number of allylic oxidation sites excluding steroid dienone is 2. The van der Waals surface area contributed by atoms with Crippen molar-refractivity contribution >= 4 is 5.91 Å². The van der Waals surface area contributed by atoms with E-state index < -0.39 is 0 Å². The molecule has 1 aliphatic carbocycles. The Bertz CT molecular complexity index is 423. The van der Waals surface area contributed by atoms with Gasteiger partial charge in [0.2, 0.25) is 5.91 Å². The van der Waals surface area contributed by atoms with Gasteiger partial charge in [-0.15, -0.1) is 0 Å². The predicted molar refractivity (Wildman–Crippen MR) is 69.5 cm³/mol. The SMILES string of the molecule is Cc1cccc(CNC(=O)C2CC=CCC2)c1. The van der Waals surface area contributed by atoms with Crippen LogP contribution in [0.2, 0.25) is 0 Å². The molecule has 1 aliphatic rings. The number of hydrogen-bond donors (Lipinski definition) is 1. The van der Waals surface area contributed by atoms with E-state index in [0.717, 1.165) is 19.3 Å². The standard InChI is InChI=1S/C15H19NO/c1-12-6-5-7-13(10-12)11-16-15(17)14-8-3-2-4-9-14/h2-3,5-7,10,14H,4,8-9,11H2,1H3,(H,16,17). The van der Waals surface area contributed by atoms with E-state index in [1.807, 2.05) is 12.1 Å². The zero-order chi connectivity index (χ0) is 12.1. The van der Waals surface area contributed by atoms with Crippen LogP contribution in [0.1, 0.15) is 30.4 Å². The van der Waals surface area contributed by atoms with E-state index >= 15 is 0 Å². The fraction of sp³-hybridized carbons (Fsp3) is 0.400. The molecule has 1 unspecified atom stereocenters. The molecule has 1 aromatic carbocycles. The highest BCUT2D eigenvalue weighted by atomic mass is 16.1. The summed E-state index contributed by atoms with van der Waals surface area (Å²) in [5, 5.41) is 3.02. The Kier molecular flexibility index (Phi) is 3.97. The lowest BCUT2D eigenvalue weighted by Crippen LogP contribution is -2.30. The summed E-state index contributed by atoms with van der Waals surface area (Å²) in [6.07, 6.45) is 7.17. The Hall–Kier alpha value is -1.57. The molecular formula is C15H19NO. The molecular weight excluding hydrogens is 210 g/mol. The van der Waals surface area contributed by atoms with Crippen molar-refractivity contribution in [3.63, 3.8) is 0 Å². The third kappa shape index (κ3) is 3.45. The van der Waals surface area contributed by atoms with Crippen LogP contribution in [0.15, 0.2) is 36.4 Å². The Morgan fingerprint density at radius 2 is 2.29 bits per heavy atom. The molecule has 2 heteroatoms. The molecule has 1 amide bonds. The number of amides is 1. The quantitative estimate of drug-likeness (QED) is 0.793. The van der Waals surface area contributed by atoms with Gasteiger partial charge in [-0.05, 0) is 31.7 Å². The number of carbonyl (C=O) groups is 1. The average molecular weight is 229 g/mol. The van der Waals surface area contributed by atoms with Crippen LogP contribution < -0.4 is 5.32 Å². The van der Waals surface area contributed by atoms with Gasteiger partial charge in [0.15, 0.2) is 0 Å². The molecule has 2 rings (SSSR count). The summed E-state index contributed by atoms with van der Waals surface area (Å²) in [4.78, 5) is 11.9. The van der Waals surface area contributed by atoms with Crippen LogP contribution in [0.3, 0.4) is 0 Å². The van der Waals surface area contributed by atoms with Gasteiger partial charge in [-0.25, -0.2) is 0 Å². The molecule has 90 valence electrons. The largest absolute Gasteiger partial charge is 0.352 e. The van der Waals surface area contributed by atoms with Crippen LogP contribution in [0.25, 0.3) is 0 Å². The Labute approximate surface area is 103 Å². The van der Waals surface area contributed by atoms with Gasteiger partial charge in [0.25, 0.3) is 0 Å². The molecule has 0 saturated carbocycles. The minimum Gasteiger partial charge on any atom is -0.352 e. The fourth-order valence-corrected chi connectivity index (χ4v) is 2.19. The molecule has 0 aliphatic heterocycles. The zero-order valence-electron chi connectivity index (χ0n) is 10.3. The van der Waals surface area contributed by atoms with Crippen LogP contribution in [0.4, 0.5) is 0 Å². The summed E-state index contributed by atoms with van der Waals surface area (Å²) in [5.41, 5.74) is 2.40. The van der Waals surface area contributed by atoms with Crippen LogP contribution in [0, 0.1) is 12.8 Å². The predicted octanol–water partition coefficient (Wildman–Crippen LogP) is 2.97. The summed E-state index contributed by atoms with van der Waals surface area (Å²) in [5.74, 6) is 0.362. The van der Waals surface area contributed by atoms with Crippen molar-refractivity contribution < 1.29 is 4.79 Å². The number of nitrogens with one attached hydrogen (secondary N) is 1. The van der Waals surface area contributed by atoms with Gasteiger partial charge in [-0.3, -0.25) is 4.79 Å². The normalized spacial score (nSPS) is 19.0. The maximum atomic E-state index is 11.9. The summed E-state index contributed by atoms with van der Waals surface area (Å²) in [6, 6.07) is 8.26. The lowest BCUT2D eigenvalue weighted by atomic mass is 9.93. The molecule has 1 N–H and O–H groups in total. The van der Waals surface area contributed by atoms with Crippen molar-refractivity contribution in [2.75, 3.05) is 0 Å². The average Bonchev–Trinajstić information content (AvgIpc) is 2.37. The van der Waals surface area contributed by atoms with Gasteiger partial charge < -0.3 is 5.32 Å². The first-order valence-corrected chi connectivity index (χ1v) is 6.24. The maximum Gasteiger partial charge on any atom is 0.223 e. The molecule has 2 nitrogen and oxygen atoms in total. The van der Waals surface area contributed by atoms with Gasteiger partial charge in [-0.1, -0.05) is 42.0 Å². The third-order valence-electron chi connectivity index (χ3n) is 3.19.